The molecule has 3 aliphatic heterocycles. The Bertz CT molecular complexity index is 1340. The van der Waals surface area contributed by atoms with Crippen LogP contribution in [-0.2, 0) is 21.7 Å². The molecule has 3 aliphatic rings. The van der Waals surface area contributed by atoms with Crippen LogP contribution in [-0.4, -0.2) is 58.4 Å². The van der Waals surface area contributed by atoms with Gasteiger partial charge in [0.2, 0.25) is 5.91 Å². The Labute approximate surface area is 216 Å². The van der Waals surface area contributed by atoms with Crippen LogP contribution in [0.2, 0.25) is 0 Å². The molecule has 180 valence electrons. The van der Waals surface area contributed by atoms with Gasteiger partial charge in [0, 0.05) is 35.6 Å². The highest BCUT2D eigenvalue weighted by Gasteiger charge is 2.78. The Hall–Kier alpha value is -2.66. The first kappa shape index (κ1) is 22.8. The van der Waals surface area contributed by atoms with Gasteiger partial charge in [-0.1, -0.05) is 30.0 Å². The third-order valence-electron chi connectivity index (χ3n) is 7.44. The van der Waals surface area contributed by atoms with Gasteiger partial charge in [-0.15, -0.1) is 11.3 Å². The van der Waals surface area contributed by atoms with Crippen LogP contribution in [0.3, 0.4) is 0 Å². The molecule has 3 aromatic rings. The molecule has 6 rings (SSSR count). The van der Waals surface area contributed by atoms with Gasteiger partial charge in [-0.05, 0) is 48.8 Å². The highest BCUT2D eigenvalue weighted by atomic mass is 32.2. The second-order valence-corrected chi connectivity index (χ2v) is 11.8. The Balaban J connectivity index is 1.61. The lowest BCUT2D eigenvalue weighted by Crippen LogP contribution is -2.62. The van der Waals surface area contributed by atoms with Crippen LogP contribution >= 0.6 is 35.3 Å². The molecular weight excluding hydrogens is 502 g/mol. The largest absolute Gasteiger partial charge is 0.497 e. The maximum absolute atomic E-state index is 14.6. The predicted octanol–water partition coefficient (Wildman–Crippen LogP) is 4.05. The quantitative estimate of drug-likeness (QED) is 0.476. The lowest BCUT2D eigenvalue weighted by atomic mass is 9.73. The molecule has 3 atom stereocenters. The Morgan fingerprint density at radius 3 is 2.69 bits per heavy atom. The van der Waals surface area contributed by atoms with Crippen molar-refractivity contribution in [2.75, 3.05) is 32.6 Å². The Morgan fingerprint density at radius 2 is 2.00 bits per heavy atom. The third kappa shape index (κ3) is 2.79. The molecule has 5 heterocycles. The van der Waals surface area contributed by atoms with Crippen LogP contribution in [0.5, 0.6) is 5.75 Å². The van der Waals surface area contributed by atoms with Gasteiger partial charge < -0.3 is 14.1 Å². The van der Waals surface area contributed by atoms with Crippen LogP contribution in [0.15, 0.2) is 58.5 Å². The number of hydrogen-bond donors (Lipinski definition) is 0. The Kier molecular flexibility index (Phi) is 5.16. The van der Waals surface area contributed by atoms with Crippen molar-refractivity contribution < 1.29 is 18.7 Å². The summed E-state index contributed by atoms with van der Waals surface area (Å²) < 4.78 is 10.4. The van der Waals surface area contributed by atoms with Gasteiger partial charge in [-0.25, -0.2) is 0 Å². The van der Waals surface area contributed by atoms with Gasteiger partial charge >= 0.3 is 0 Å². The number of thiophene rings is 1. The maximum Gasteiger partial charge on any atom is 0.254 e. The third-order valence-corrected chi connectivity index (χ3v) is 10.4. The van der Waals surface area contributed by atoms with Crippen molar-refractivity contribution in [2.45, 2.75) is 22.7 Å². The number of fused-ring (bicyclic) bond motifs is 3. The second kappa shape index (κ2) is 7.92. The number of benzene rings is 1. The summed E-state index contributed by atoms with van der Waals surface area (Å²) in [5.41, 5.74) is 0.302. The van der Waals surface area contributed by atoms with E-state index in [-0.39, 0.29) is 24.3 Å². The molecular formula is C25H23N3O4S3. The van der Waals surface area contributed by atoms with Crippen molar-refractivity contribution in [1.82, 2.24) is 9.80 Å². The first-order valence-electron chi connectivity index (χ1n) is 11.1. The zero-order chi connectivity index (χ0) is 24.5. The number of anilines is 1. The first-order valence-corrected chi connectivity index (χ1v) is 13.2. The van der Waals surface area contributed by atoms with Gasteiger partial charge in [0.05, 0.1) is 19.9 Å². The van der Waals surface area contributed by atoms with E-state index < -0.39 is 10.3 Å². The minimum absolute atomic E-state index is 0.134. The van der Waals surface area contributed by atoms with E-state index in [1.54, 1.807) is 47.6 Å². The molecule has 1 aromatic carbocycles. The van der Waals surface area contributed by atoms with Crippen molar-refractivity contribution in [1.29, 1.82) is 0 Å². The number of thiocarbonyl (C=S) groups is 1. The van der Waals surface area contributed by atoms with Gasteiger partial charge in [-0.2, -0.15) is 0 Å². The van der Waals surface area contributed by atoms with Crippen molar-refractivity contribution >= 4 is 57.1 Å². The smallest absolute Gasteiger partial charge is 0.254 e. The number of furan rings is 1. The summed E-state index contributed by atoms with van der Waals surface area (Å²) in [4.78, 5) is 35.4. The summed E-state index contributed by atoms with van der Waals surface area (Å²) in [6.45, 7) is 0.762. The lowest BCUT2D eigenvalue weighted by Gasteiger charge is -2.42. The normalized spacial score (nSPS) is 28.2. The van der Waals surface area contributed by atoms with E-state index >= 15 is 0 Å². The molecule has 2 fully saturated rings. The molecule has 2 amide bonds. The summed E-state index contributed by atoms with van der Waals surface area (Å²) in [7, 11) is 5.31. The van der Waals surface area contributed by atoms with E-state index in [1.807, 2.05) is 53.7 Å². The molecule has 0 bridgehead atoms. The summed E-state index contributed by atoms with van der Waals surface area (Å²) in [6, 6.07) is 13.3. The Morgan fingerprint density at radius 1 is 1.17 bits per heavy atom. The fraction of sp³-hybridized carbons (Fsp3) is 0.320. The van der Waals surface area contributed by atoms with E-state index in [0.29, 0.717) is 22.4 Å². The molecule has 2 saturated heterocycles. The number of thioether (sulfide) groups is 1. The average Bonchev–Trinajstić information content (AvgIpc) is 3.66. The highest BCUT2D eigenvalue weighted by molar-refractivity contribution is 8.25. The van der Waals surface area contributed by atoms with Gasteiger partial charge in [0.25, 0.3) is 5.91 Å². The number of carbonyl (C=O) groups is 2. The number of likely N-dealkylation sites (tertiary alicyclic amines) is 1. The summed E-state index contributed by atoms with van der Waals surface area (Å²) in [5, 5.41) is 2.01. The van der Waals surface area contributed by atoms with Crippen LogP contribution < -0.4 is 9.64 Å². The molecule has 7 nitrogen and oxygen atoms in total. The molecule has 0 saturated carbocycles. The van der Waals surface area contributed by atoms with E-state index in [1.165, 1.54) is 11.8 Å². The summed E-state index contributed by atoms with van der Waals surface area (Å²) in [5.74, 6) is 0.747. The van der Waals surface area contributed by atoms with Crippen molar-refractivity contribution in [3.63, 3.8) is 0 Å². The number of methoxy groups -OCH3 is 1. The monoisotopic (exact) mass is 525 g/mol. The lowest BCUT2D eigenvalue weighted by molar-refractivity contribution is -0.139. The minimum Gasteiger partial charge on any atom is -0.497 e. The van der Waals surface area contributed by atoms with Crippen molar-refractivity contribution in [2.24, 2.45) is 0 Å². The van der Waals surface area contributed by atoms with Crippen molar-refractivity contribution in [3.8, 4) is 5.75 Å². The van der Waals surface area contributed by atoms with E-state index in [2.05, 4.69) is 0 Å². The predicted molar refractivity (Wildman–Crippen MR) is 140 cm³/mol. The van der Waals surface area contributed by atoms with Crippen LogP contribution in [0, 0.1) is 0 Å². The molecule has 3 unspecified atom stereocenters. The fourth-order valence-electron chi connectivity index (χ4n) is 5.94. The van der Waals surface area contributed by atoms with Crippen LogP contribution in [0.4, 0.5) is 5.69 Å². The fourth-order valence-corrected chi connectivity index (χ4v) is 9.02. The van der Waals surface area contributed by atoms with E-state index in [9.17, 15) is 9.59 Å². The molecule has 2 aromatic heterocycles. The van der Waals surface area contributed by atoms with Gasteiger partial charge in [0.1, 0.15) is 20.6 Å². The van der Waals surface area contributed by atoms with Crippen LogP contribution in [0.1, 0.15) is 22.1 Å². The minimum atomic E-state index is -1.25. The van der Waals surface area contributed by atoms with Crippen molar-refractivity contribution in [3.05, 3.63) is 70.3 Å². The number of amides is 2. The second-order valence-electron chi connectivity index (χ2n) is 8.98. The summed E-state index contributed by atoms with van der Waals surface area (Å²) >= 11 is 8.77. The first-order chi connectivity index (χ1) is 16.9. The molecule has 0 radical (unpaired) electrons. The number of nitrogens with zero attached hydrogens (tertiary/aromatic N) is 3. The standard InChI is InChI=1S/C25H23N3O4S3/c1-26-14-18(20-7-5-11-34-20)25(22(30)28(23(33)35-25)13-16-6-4-10-32-16)24(26)17-12-15(31-3)8-9-19(17)27(2)21(24)29/h4-12,18H,13-14H2,1-3H3. The number of ether oxygens (including phenoxy) is 1. The number of likely N-dealkylation sites (N-methyl/N-ethyl adjacent to an activating group) is 2. The molecule has 35 heavy (non-hydrogen) atoms. The zero-order valence-electron chi connectivity index (χ0n) is 19.4. The van der Waals surface area contributed by atoms with E-state index in [0.717, 1.165) is 16.1 Å². The zero-order valence-corrected chi connectivity index (χ0v) is 21.8. The average molecular weight is 526 g/mol. The summed E-state index contributed by atoms with van der Waals surface area (Å²) in [6.07, 6.45) is 1.58. The van der Waals surface area contributed by atoms with E-state index in [4.69, 9.17) is 21.4 Å². The highest BCUT2D eigenvalue weighted by Crippen LogP contribution is 2.67. The molecule has 0 aliphatic carbocycles. The molecule has 10 heteroatoms. The number of rotatable bonds is 4. The van der Waals surface area contributed by atoms with Crippen LogP contribution in [0.25, 0.3) is 0 Å². The molecule has 0 N–H and O–H groups in total. The topological polar surface area (TPSA) is 66.2 Å². The maximum atomic E-state index is 14.6. The van der Waals surface area contributed by atoms with Gasteiger partial charge in [0.15, 0.2) is 5.54 Å². The van der Waals surface area contributed by atoms with Gasteiger partial charge in [-0.3, -0.25) is 19.4 Å². The molecule has 2 spiro atoms. The number of hydrogen-bond acceptors (Lipinski definition) is 8. The number of carbonyl (C=O) groups excluding carboxylic acids is 2. The SMILES string of the molecule is COc1ccc2c(c1)C1(C(=O)N2C)N(C)CC(c2cccs2)C12SC(=S)N(Cc1ccco1)C2=O.